The molecule has 8 nitrogen and oxygen atoms in total. The molecule has 0 radical (unpaired) electrons. The fraction of sp³-hybridized carbons (Fsp3) is 0.0182. The van der Waals surface area contributed by atoms with E-state index in [4.69, 9.17) is 0 Å². The molecule has 11 heteroatoms. The van der Waals surface area contributed by atoms with Crippen LogP contribution in [0, 0.1) is 68.0 Å². The van der Waals surface area contributed by atoms with Crippen LogP contribution in [0.2, 0.25) is 0 Å². The van der Waals surface area contributed by atoms with Crippen molar-refractivity contribution in [1.82, 2.24) is 9.13 Å². The number of hydrogen-bond acceptors (Lipinski definition) is 6. The van der Waals surface area contributed by atoms with Crippen LogP contribution < -0.4 is 0 Å². The van der Waals surface area contributed by atoms with Gasteiger partial charge in [0.15, 0.2) is 0 Å². The number of nitriles is 6. The minimum atomic E-state index is -4.88. The molecule has 0 unspecified atom stereocenters. The number of alkyl halides is 3. The molecule has 0 saturated heterocycles. The van der Waals surface area contributed by atoms with Crippen LogP contribution in [0.3, 0.4) is 0 Å². The maximum atomic E-state index is 15.0. The van der Waals surface area contributed by atoms with Crippen LogP contribution >= 0.6 is 0 Å². The van der Waals surface area contributed by atoms with Gasteiger partial charge in [0.05, 0.1) is 109 Å². The molecule has 0 fully saturated rings. The number of rotatable bonds is 5. The first-order chi connectivity index (χ1) is 32.0. The fourth-order valence-corrected chi connectivity index (χ4v) is 9.00. The van der Waals surface area contributed by atoms with E-state index in [1.54, 1.807) is 42.5 Å². The molecule has 0 aliphatic carbocycles. The largest absolute Gasteiger partial charge is 0.417 e. The van der Waals surface area contributed by atoms with Gasteiger partial charge < -0.3 is 9.13 Å². The van der Waals surface area contributed by atoms with Gasteiger partial charge in [0, 0.05) is 27.1 Å². The number of halogens is 3. The summed E-state index contributed by atoms with van der Waals surface area (Å²) in [5, 5.41) is 62.7. The van der Waals surface area contributed by atoms with Crippen LogP contribution in [0.1, 0.15) is 38.9 Å². The van der Waals surface area contributed by atoms with Gasteiger partial charge in [-0.2, -0.15) is 44.7 Å². The topological polar surface area (TPSA) is 153 Å². The Balaban J connectivity index is 1.32. The van der Waals surface area contributed by atoms with E-state index in [0.29, 0.717) is 61.3 Å². The van der Waals surface area contributed by atoms with E-state index in [1.165, 1.54) is 24.3 Å². The lowest BCUT2D eigenvalue weighted by molar-refractivity contribution is -0.137. The molecule has 0 amide bonds. The molecule has 0 spiro atoms. The van der Waals surface area contributed by atoms with Crippen LogP contribution in [0.5, 0.6) is 0 Å². The predicted octanol–water partition coefficient (Wildman–Crippen LogP) is 13.1. The summed E-state index contributed by atoms with van der Waals surface area (Å²) in [7, 11) is 0. The van der Waals surface area contributed by atoms with Gasteiger partial charge in [-0.1, -0.05) is 54.6 Å². The highest BCUT2D eigenvalue weighted by atomic mass is 19.4. The van der Waals surface area contributed by atoms with Gasteiger partial charge in [-0.3, -0.25) is 0 Å². The minimum absolute atomic E-state index is 0.00157. The van der Waals surface area contributed by atoms with Crippen LogP contribution in [0.25, 0.3) is 88.4 Å². The van der Waals surface area contributed by atoms with Crippen LogP contribution in [-0.2, 0) is 6.18 Å². The van der Waals surface area contributed by atoms with E-state index < -0.39 is 11.7 Å². The smallest absolute Gasteiger partial charge is 0.307 e. The first-order valence-electron chi connectivity index (χ1n) is 20.2. The molecule has 0 bridgehead atoms. The van der Waals surface area contributed by atoms with Crippen molar-refractivity contribution in [3.8, 4) is 81.2 Å². The number of fused-ring (bicyclic) bond motifs is 6. The average Bonchev–Trinajstić information content (AvgIpc) is 3.87. The Bertz CT molecular complexity index is 3950. The number of hydrogen-bond donors (Lipinski definition) is 0. The Morgan fingerprint density at radius 3 is 1.23 bits per heavy atom. The second-order valence-corrected chi connectivity index (χ2v) is 15.6. The van der Waals surface area contributed by atoms with E-state index in [9.17, 15) is 44.7 Å². The summed E-state index contributed by atoms with van der Waals surface area (Å²) in [6.07, 6.45) is -4.88. The molecule has 0 aliphatic rings. The van der Waals surface area contributed by atoms with Crippen molar-refractivity contribution >= 4 is 43.6 Å². The SMILES string of the molecule is N#Cc1cc(C#N)cc(-c2ccc3c(c2)c2ccccc2n3-c2cc(C#N)c(-c3ccc(C#N)cc3C(F)(F)F)cc2-n2c3ccccc3c3cc(-c4cc(C#N)cc(C#N)c4)ccc32)c1. The molecule has 0 N–H and O–H groups in total. The Morgan fingerprint density at radius 2 is 0.788 bits per heavy atom. The Hall–Kier alpha value is -9.91. The molecular weight excluding hydrogens is 830 g/mol. The molecule has 2 aromatic heterocycles. The fourth-order valence-electron chi connectivity index (χ4n) is 9.00. The van der Waals surface area contributed by atoms with Crippen LogP contribution in [0.4, 0.5) is 13.2 Å². The second-order valence-electron chi connectivity index (χ2n) is 15.6. The monoisotopic (exact) mass is 854 g/mol. The van der Waals surface area contributed by atoms with E-state index in [1.807, 2.05) is 94.1 Å². The lowest BCUT2D eigenvalue weighted by atomic mass is 9.92. The summed E-state index contributed by atoms with van der Waals surface area (Å²) >= 11 is 0. The third-order valence-electron chi connectivity index (χ3n) is 11.9. The number of benzene rings is 8. The zero-order valence-electron chi connectivity index (χ0n) is 34.1. The molecule has 2 heterocycles. The summed E-state index contributed by atoms with van der Waals surface area (Å²) in [4.78, 5) is 0. The van der Waals surface area contributed by atoms with Gasteiger partial charge in [-0.25, -0.2) is 0 Å². The zero-order valence-corrected chi connectivity index (χ0v) is 34.1. The van der Waals surface area contributed by atoms with Crippen molar-refractivity contribution in [1.29, 1.82) is 31.6 Å². The third kappa shape index (κ3) is 6.51. The van der Waals surface area contributed by atoms with Crippen molar-refractivity contribution in [3.63, 3.8) is 0 Å². The summed E-state index contributed by atoms with van der Waals surface area (Å²) in [6, 6.07) is 55.6. The highest BCUT2D eigenvalue weighted by molar-refractivity contribution is 6.13. The number of aromatic nitrogens is 2. The lowest BCUT2D eigenvalue weighted by Crippen LogP contribution is -2.10. The lowest BCUT2D eigenvalue weighted by Gasteiger charge is -2.21. The molecule has 0 aliphatic heterocycles. The molecule has 66 heavy (non-hydrogen) atoms. The minimum Gasteiger partial charge on any atom is -0.307 e. The highest BCUT2D eigenvalue weighted by Gasteiger charge is 2.35. The van der Waals surface area contributed by atoms with Crippen molar-refractivity contribution in [2.45, 2.75) is 6.18 Å². The number of para-hydroxylation sites is 2. The van der Waals surface area contributed by atoms with Crippen LogP contribution in [0.15, 0.2) is 152 Å². The van der Waals surface area contributed by atoms with Crippen molar-refractivity contribution in [2.75, 3.05) is 0 Å². The normalized spacial score (nSPS) is 11.2. The Morgan fingerprint density at radius 1 is 0.348 bits per heavy atom. The molecular formula is C55H25F3N8. The summed E-state index contributed by atoms with van der Waals surface area (Å²) in [5.74, 6) is 0. The van der Waals surface area contributed by atoms with E-state index in [0.717, 1.165) is 44.3 Å². The Kier molecular flexibility index (Phi) is 9.41. The average molecular weight is 855 g/mol. The van der Waals surface area contributed by atoms with Crippen molar-refractivity contribution in [3.05, 3.63) is 191 Å². The van der Waals surface area contributed by atoms with Gasteiger partial charge in [0.2, 0.25) is 0 Å². The summed E-state index contributed by atoms with van der Waals surface area (Å²) in [6.45, 7) is 0. The zero-order chi connectivity index (χ0) is 45.9. The van der Waals surface area contributed by atoms with E-state index in [2.05, 4.69) is 30.3 Å². The Labute approximate surface area is 374 Å². The molecule has 10 aromatic rings. The van der Waals surface area contributed by atoms with E-state index in [-0.39, 0.29) is 22.3 Å². The van der Waals surface area contributed by atoms with Gasteiger partial charge in [0.1, 0.15) is 0 Å². The highest BCUT2D eigenvalue weighted by Crippen LogP contribution is 2.45. The standard InChI is InChI=1S/C55H25F3N8/c56-55(57,58)48-21-32(26-59)9-12-42(48)45-25-54(66-50-8-4-2-6-44(50)47-23-38(11-14-52(47)66)40-19-35(29-62)16-36(20-40)30-63)53(24-41(45)31-64)65-49-7-3-1-5-43(49)46-22-37(10-13-51(46)65)39-17-33(27-60)15-34(18-39)28-61/h1-25H. The molecule has 306 valence electrons. The predicted molar refractivity (Wildman–Crippen MR) is 245 cm³/mol. The van der Waals surface area contributed by atoms with E-state index >= 15 is 0 Å². The summed E-state index contributed by atoms with van der Waals surface area (Å²) < 4.78 is 48.9. The van der Waals surface area contributed by atoms with Crippen molar-refractivity contribution < 1.29 is 13.2 Å². The van der Waals surface area contributed by atoms with Gasteiger partial charge in [-0.05, 0) is 125 Å². The molecule has 10 rings (SSSR count). The first kappa shape index (κ1) is 40.2. The van der Waals surface area contributed by atoms with Crippen LogP contribution in [-0.4, -0.2) is 9.13 Å². The maximum absolute atomic E-state index is 15.0. The second kappa shape index (κ2) is 15.5. The first-order valence-corrected chi connectivity index (χ1v) is 20.2. The molecule has 8 aromatic carbocycles. The van der Waals surface area contributed by atoms with Gasteiger partial charge in [0.25, 0.3) is 0 Å². The third-order valence-corrected chi connectivity index (χ3v) is 11.9. The summed E-state index contributed by atoms with van der Waals surface area (Å²) in [5.41, 5.74) is 6.26. The van der Waals surface area contributed by atoms with Gasteiger partial charge >= 0.3 is 6.18 Å². The molecule has 0 atom stereocenters. The molecule has 0 saturated carbocycles. The maximum Gasteiger partial charge on any atom is 0.417 e. The quantitative estimate of drug-likeness (QED) is 0.168. The van der Waals surface area contributed by atoms with Crippen molar-refractivity contribution in [2.24, 2.45) is 0 Å². The number of nitrogens with zero attached hydrogens (tertiary/aromatic N) is 8. The van der Waals surface area contributed by atoms with Gasteiger partial charge in [-0.15, -0.1) is 0 Å².